The Morgan fingerprint density at radius 3 is 2.64 bits per heavy atom. The summed E-state index contributed by atoms with van der Waals surface area (Å²) in [7, 11) is 0. The van der Waals surface area contributed by atoms with Gasteiger partial charge in [-0.1, -0.05) is 25.1 Å². The number of aromatic carboxylic acids is 1. The van der Waals surface area contributed by atoms with Gasteiger partial charge in [0.15, 0.2) is 0 Å². The second-order valence-corrected chi connectivity index (χ2v) is 6.62. The van der Waals surface area contributed by atoms with E-state index >= 15 is 0 Å². The Kier molecular flexibility index (Phi) is 5.59. The van der Waals surface area contributed by atoms with Gasteiger partial charge < -0.3 is 9.84 Å². The molecule has 0 saturated heterocycles. The lowest BCUT2D eigenvalue weighted by molar-refractivity contribution is 0.0696. The second kappa shape index (κ2) is 8.08. The largest absolute Gasteiger partial charge is 0.490 e. The minimum Gasteiger partial charge on any atom is -0.490 e. The number of aromatic nitrogens is 2. The van der Waals surface area contributed by atoms with Crippen molar-refractivity contribution < 1.29 is 14.6 Å². The van der Waals surface area contributed by atoms with Crippen LogP contribution in [0.5, 0.6) is 5.75 Å². The molecule has 2 aromatic heterocycles. The zero-order valence-electron chi connectivity index (χ0n) is 16.0. The highest BCUT2D eigenvalue weighted by molar-refractivity contribution is 5.87. The van der Waals surface area contributed by atoms with Crippen LogP contribution in [0.3, 0.4) is 0 Å². The van der Waals surface area contributed by atoms with Crippen LogP contribution in [-0.2, 0) is 6.42 Å². The van der Waals surface area contributed by atoms with Gasteiger partial charge in [-0.3, -0.25) is 9.20 Å². The number of nitrogens with zero attached hydrogens (tertiary/aromatic N) is 2. The van der Waals surface area contributed by atoms with Crippen molar-refractivity contribution >= 4 is 23.8 Å². The Morgan fingerprint density at radius 2 is 1.96 bits per heavy atom. The molecular weight excluding hydrogens is 356 g/mol. The lowest BCUT2D eigenvalue weighted by Crippen LogP contribution is -2.22. The number of pyridine rings is 1. The molecule has 0 amide bonds. The second-order valence-electron chi connectivity index (χ2n) is 6.62. The molecule has 0 spiro atoms. The van der Waals surface area contributed by atoms with Gasteiger partial charge in [-0.15, -0.1) is 0 Å². The molecule has 1 aromatic carbocycles. The minimum absolute atomic E-state index is 0.0431. The average Bonchev–Trinajstić information content (AvgIpc) is 2.66. The highest BCUT2D eigenvalue weighted by Crippen LogP contribution is 2.22. The normalized spacial score (nSPS) is 11.4. The first-order chi connectivity index (χ1) is 13.4. The van der Waals surface area contributed by atoms with E-state index in [1.807, 2.05) is 51.1 Å². The van der Waals surface area contributed by atoms with E-state index in [-0.39, 0.29) is 17.2 Å². The number of benzene rings is 1. The summed E-state index contributed by atoms with van der Waals surface area (Å²) in [5.74, 6) is -0.326. The molecule has 28 heavy (non-hydrogen) atoms. The number of para-hydroxylation sites is 1. The molecule has 1 N–H and O–H groups in total. The quantitative estimate of drug-likeness (QED) is 0.703. The molecule has 0 fully saturated rings. The van der Waals surface area contributed by atoms with Crippen LogP contribution in [0.4, 0.5) is 0 Å². The molecule has 6 nitrogen and oxygen atoms in total. The fourth-order valence-corrected chi connectivity index (χ4v) is 2.94. The van der Waals surface area contributed by atoms with Gasteiger partial charge in [0, 0.05) is 17.3 Å². The lowest BCUT2D eigenvalue weighted by atomic mass is 10.1. The molecule has 144 valence electrons. The molecule has 2 heterocycles. The molecule has 3 rings (SSSR count). The third kappa shape index (κ3) is 3.96. The van der Waals surface area contributed by atoms with E-state index in [0.717, 1.165) is 11.3 Å². The number of carboxylic acid groups (broad SMARTS) is 1. The van der Waals surface area contributed by atoms with Gasteiger partial charge in [-0.25, -0.2) is 9.78 Å². The maximum absolute atomic E-state index is 12.9. The number of ether oxygens (including phenoxy) is 1. The molecular formula is C22H22N2O4. The molecule has 6 heteroatoms. The summed E-state index contributed by atoms with van der Waals surface area (Å²) >= 11 is 0. The third-order valence-corrected chi connectivity index (χ3v) is 4.25. The van der Waals surface area contributed by atoms with Gasteiger partial charge in [-0.2, -0.15) is 0 Å². The van der Waals surface area contributed by atoms with Crippen LogP contribution in [0, 0.1) is 0 Å². The van der Waals surface area contributed by atoms with Gasteiger partial charge in [0.1, 0.15) is 11.4 Å². The van der Waals surface area contributed by atoms with E-state index in [9.17, 15) is 9.59 Å². The van der Waals surface area contributed by atoms with Crippen LogP contribution < -0.4 is 10.3 Å². The summed E-state index contributed by atoms with van der Waals surface area (Å²) in [6.45, 7) is 5.80. The first-order valence-corrected chi connectivity index (χ1v) is 9.13. The number of fused-ring (bicyclic) bond motifs is 1. The number of carbonyl (C=O) groups is 1. The Balaban J connectivity index is 2.09. The first-order valence-electron chi connectivity index (χ1n) is 9.13. The Hall–Kier alpha value is -3.41. The van der Waals surface area contributed by atoms with Crippen molar-refractivity contribution in [1.82, 2.24) is 9.38 Å². The van der Waals surface area contributed by atoms with Crippen LogP contribution in [0.25, 0.3) is 17.8 Å². The van der Waals surface area contributed by atoms with E-state index < -0.39 is 5.97 Å². The maximum Gasteiger partial charge on any atom is 0.337 e. The first kappa shape index (κ1) is 19.4. The van der Waals surface area contributed by atoms with Gasteiger partial charge in [-0.05, 0) is 50.6 Å². The molecule has 0 atom stereocenters. The zero-order valence-corrected chi connectivity index (χ0v) is 16.0. The zero-order chi connectivity index (χ0) is 20.3. The molecule has 0 unspecified atom stereocenters. The SMILES string of the molecule is CCc1c(C=Cc2ccccc2OC(C)C)nc2ccc(C(=O)O)cn2c1=O. The lowest BCUT2D eigenvalue weighted by Gasteiger charge is -2.12. The summed E-state index contributed by atoms with van der Waals surface area (Å²) in [6, 6.07) is 10.6. The van der Waals surface area contributed by atoms with Crippen LogP contribution in [0.2, 0.25) is 0 Å². The summed E-state index contributed by atoms with van der Waals surface area (Å²) in [6.07, 6.45) is 5.52. The summed E-state index contributed by atoms with van der Waals surface area (Å²) in [5.41, 5.74) is 2.16. The third-order valence-electron chi connectivity index (χ3n) is 4.25. The van der Waals surface area contributed by atoms with E-state index in [1.165, 1.54) is 22.7 Å². The predicted molar refractivity (Wildman–Crippen MR) is 109 cm³/mol. The standard InChI is InChI=1S/C22H22N2O4/c1-4-17-18(11-9-15-7-5-6-8-19(15)28-14(2)3)23-20-12-10-16(22(26)27)13-24(20)21(17)25/h5-14H,4H2,1-3H3,(H,26,27). The van der Waals surface area contributed by atoms with Crippen molar-refractivity contribution in [1.29, 1.82) is 0 Å². The average molecular weight is 378 g/mol. The van der Waals surface area contributed by atoms with Crippen molar-refractivity contribution in [2.75, 3.05) is 0 Å². The smallest absolute Gasteiger partial charge is 0.337 e. The van der Waals surface area contributed by atoms with E-state index in [1.54, 1.807) is 6.08 Å². The van der Waals surface area contributed by atoms with Crippen molar-refractivity contribution in [2.24, 2.45) is 0 Å². The molecule has 0 bridgehead atoms. The molecule has 0 aliphatic carbocycles. The van der Waals surface area contributed by atoms with E-state index in [4.69, 9.17) is 9.84 Å². The highest BCUT2D eigenvalue weighted by Gasteiger charge is 2.12. The topological polar surface area (TPSA) is 80.9 Å². The summed E-state index contributed by atoms with van der Waals surface area (Å²) in [4.78, 5) is 28.6. The van der Waals surface area contributed by atoms with Gasteiger partial charge in [0.05, 0.1) is 17.4 Å². The molecule has 0 radical (unpaired) electrons. The van der Waals surface area contributed by atoms with Gasteiger partial charge >= 0.3 is 5.97 Å². The van der Waals surface area contributed by atoms with Crippen LogP contribution in [0.15, 0.2) is 47.4 Å². The molecule has 3 aromatic rings. The van der Waals surface area contributed by atoms with Crippen LogP contribution in [0.1, 0.15) is 48.0 Å². The van der Waals surface area contributed by atoms with Crippen molar-refractivity contribution in [3.63, 3.8) is 0 Å². The van der Waals surface area contributed by atoms with Crippen LogP contribution in [-0.4, -0.2) is 26.6 Å². The number of carboxylic acids is 1. The summed E-state index contributed by atoms with van der Waals surface area (Å²) in [5, 5.41) is 9.16. The maximum atomic E-state index is 12.9. The van der Waals surface area contributed by atoms with Crippen molar-refractivity contribution in [2.45, 2.75) is 33.3 Å². The Bertz CT molecular complexity index is 1110. The van der Waals surface area contributed by atoms with E-state index in [0.29, 0.717) is 23.3 Å². The number of hydrogen-bond donors (Lipinski definition) is 1. The number of hydrogen-bond acceptors (Lipinski definition) is 4. The Labute approximate surface area is 162 Å². The van der Waals surface area contributed by atoms with Crippen molar-refractivity contribution in [3.8, 4) is 5.75 Å². The van der Waals surface area contributed by atoms with Gasteiger partial charge in [0.2, 0.25) is 0 Å². The predicted octanol–water partition coefficient (Wildman–Crippen LogP) is 3.91. The fourth-order valence-electron chi connectivity index (χ4n) is 2.94. The van der Waals surface area contributed by atoms with E-state index in [2.05, 4.69) is 4.98 Å². The molecule has 0 aliphatic heterocycles. The monoisotopic (exact) mass is 378 g/mol. The Morgan fingerprint density at radius 1 is 1.21 bits per heavy atom. The van der Waals surface area contributed by atoms with Gasteiger partial charge in [0.25, 0.3) is 5.56 Å². The van der Waals surface area contributed by atoms with Crippen molar-refractivity contribution in [3.05, 3.63) is 75.3 Å². The minimum atomic E-state index is -1.09. The fraction of sp³-hybridized carbons (Fsp3) is 0.227. The van der Waals surface area contributed by atoms with Crippen LogP contribution >= 0.6 is 0 Å². The molecule has 0 saturated carbocycles. The summed E-state index contributed by atoms with van der Waals surface area (Å²) < 4.78 is 7.11. The highest BCUT2D eigenvalue weighted by atomic mass is 16.5. The number of rotatable bonds is 6. The molecule has 0 aliphatic rings.